The lowest BCUT2D eigenvalue weighted by Gasteiger charge is -2.04. The summed E-state index contributed by atoms with van der Waals surface area (Å²) in [7, 11) is 0. The third-order valence-electron chi connectivity index (χ3n) is 3.52. The van der Waals surface area contributed by atoms with E-state index < -0.39 is 5.97 Å². The van der Waals surface area contributed by atoms with Gasteiger partial charge in [0, 0.05) is 5.56 Å². The number of nitrogens with zero attached hydrogens (tertiary/aromatic N) is 3. The van der Waals surface area contributed by atoms with Gasteiger partial charge < -0.3 is 4.74 Å². The fraction of sp³-hybridized carbons (Fsp3) is 0.211. The lowest BCUT2D eigenvalue weighted by molar-refractivity contribution is -0.137. The van der Waals surface area contributed by atoms with Crippen molar-refractivity contribution in [2.45, 2.75) is 20.4 Å². The molecule has 0 spiro atoms. The van der Waals surface area contributed by atoms with Crippen molar-refractivity contribution in [2.75, 3.05) is 6.61 Å². The number of benzene rings is 1. The summed E-state index contributed by atoms with van der Waals surface area (Å²) in [5, 5.41) is 14.0. The first kappa shape index (κ1) is 18.5. The fourth-order valence-corrected chi connectivity index (χ4v) is 2.48. The Morgan fingerprint density at radius 2 is 2.08 bits per heavy atom. The van der Waals surface area contributed by atoms with Crippen molar-refractivity contribution in [2.24, 2.45) is 0 Å². The van der Waals surface area contributed by atoms with Crippen LogP contribution in [-0.2, 0) is 16.1 Å². The number of aryl methyl sites for hydroxylation is 2. The molecule has 0 N–H and O–H groups in total. The lowest BCUT2D eigenvalue weighted by Crippen LogP contribution is -2.06. The molecule has 0 amide bonds. The average Bonchev–Trinajstić information content (AvgIpc) is 2.86. The molecule has 0 saturated carbocycles. The van der Waals surface area contributed by atoms with Crippen LogP contribution in [0.25, 0.3) is 6.08 Å². The van der Waals surface area contributed by atoms with E-state index >= 15 is 0 Å². The maximum absolute atomic E-state index is 11.9. The van der Waals surface area contributed by atoms with Gasteiger partial charge in [0.05, 0.1) is 12.2 Å². The second-order valence-corrected chi connectivity index (χ2v) is 5.85. The highest BCUT2D eigenvalue weighted by Gasteiger charge is 2.16. The van der Waals surface area contributed by atoms with Crippen molar-refractivity contribution >= 4 is 23.6 Å². The standard InChI is InChI=1S/C19H18ClN3O2/c1-4-9-25-19(24)16(11-21)10-17-14(3)22-23(18(17)20)12-15-7-5-13(2)6-8-15/h4-8,10H,1,9,12H2,2-3H3/b16-10-. The predicted octanol–water partition coefficient (Wildman–Crippen LogP) is 3.84. The summed E-state index contributed by atoms with van der Waals surface area (Å²) < 4.78 is 6.53. The van der Waals surface area contributed by atoms with E-state index in [0.717, 1.165) is 5.56 Å². The topological polar surface area (TPSA) is 67.9 Å². The Labute approximate surface area is 151 Å². The van der Waals surface area contributed by atoms with Gasteiger partial charge in [-0.2, -0.15) is 10.4 Å². The number of nitriles is 1. The zero-order chi connectivity index (χ0) is 18.4. The minimum atomic E-state index is -0.718. The first-order chi connectivity index (χ1) is 12.0. The molecule has 1 aromatic heterocycles. The smallest absolute Gasteiger partial charge is 0.349 e. The SMILES string of the molecule is C=CCOC(=O)/C(C#N)=C\c1c(C)nn(Cc2ccc(C)cc2)c1Cl. The van der Waals surface area contributed by atoms with Crippen LogP contribution in [0.2, 0.25) is 5.15 Å². The number of carbonyl (C=O) groups is 1. The van der Waals surface area contributed by atoms with Gasteiger partial charge in [-0.3, -0.25) is 0 Å². The van der Waals surface area contributed by atoms with E-state index in [1.807, 2.05) is 37.3 Å². The average molecular weight is 356 g/mol. The number of halogens is 1. The highest BCUT2D eigenvalue weighted by molar-refractivity contribution is 6.31. The van der Waals surface area contributed by atoms with Crippen LogP contribution in [0, 0.1) is 25.2 Å². The molecular formula is C19H18ClN3O2. The molecule has 0 unspecified atom stereocenters. The molecule has 0 atom stereocenters. The molecule has 0 aliphatic carbocycles. The van der Waals surface area contributed by atoms with E-state index in [0.29, 0.717) is 23.0 Å². The Kier molecular flexibility index (Phi) is 6.15. The summed E-state index contributed by atoms with van der Waals surface area (Å²) in [6.07, 6.45) is 2.84. The number of esters is 1. The molecule has 25 heavy (non-hydrogen) atoms. The van der Waals surface area contributed by atoms with E-state index in [4.69, 9.17) is 16.3 Å². The highest BCUT2D eigenvalue weighted by Crippen LogP contribution is 2.24. The number of rotatable bonds is 6. The summed E-state index contributed by atoms with van der Waals surface area (Å²) in [5.74, 6) is -0.718. The third kappa shape index (κ3) is 4.59. The largest absolute Gasteiger partial charge is 0.457 e. The molecule has 2 aromatic rings. The van der Waals surface area contributed by atoms with Gasteiger partial charge in [-0.05, 0) is 25.5 Å². The number of ether oxygens (including phenoxy) is 1. The van der Waals surface area contributed by atoms with Crippen LogP contribution in [0.4, 0.5) is 0 Å². The van der Waals surface area contributed by atoms with Gasteiger partial charge >= 0.3 is 5.97 Å². The maximum atomic E-state index is 11.9. The van der Waals surface area contributed by atoms with Crippen LogP contribution in [0.1, 0.15) is 22.4 Å². The maximum Gasteiger partial charge on any atom is 0.349 e. The minimum absolute atomic E-state index is 0.0389. The molecule has 0 aliphatic rings. The van der Waals surface area contributed by atoms with Gasteiger partial charge in [-0.25, -0.2) is 9.48 Å². The number of aromatic nitrogens is 2. The van der Waals surface area contributed by atoms with Crippen molar-refractivity contribution in [3.8, 4) is 6.07 Å². The Morgan fingerprint density at radius 3 is 2.68 bits per heavy atom. The molecular weight excluding hydrogens is 338 g/mol. The van der Waals surface area contributed by atoms with Gasteiger partial charge in [0.25, 0.3) is 0 Å². The van der Waals surface area contributed by atoms with Crippen molar-refractivity contribution in [3.63, 3.8) is 0 Å². The zero-order valence-corrected chi connectivity index (χ0v) is 14.9. The molecule has 0 bridgehead atoms. The van der Waals surface area contributed by atoms with Crippen molar-refractivity contribution in [1.82, 2.24) is 9.78 Å². The first-order valence-electron chi connectivity index (χ1n) is 7.64. The normalized spacial score (nSPS) is 11.0. The van der Waals surface area contributed by atoms with Gasteiger partial charge in [0.1, 0.15) is 23.4 Å². The van der Waals surface area contributed by atoms with E-state index in [1.54, 1.807) is 11.6 Å². The van der Waals surface area contributed by atoms with E-state index in [-0.39, 0.29) is 12.2 Å². The van der Waals surface area contributed by atoms with Crippen molar-refractivity contribution < 1.29 is 9.53 Å². The molecule has 1 aromatic carbocycles. The Hall–Kier alpha value is -2.84. The summed E-state index contributed by atoms with van der Waals surface area (Å²) in [5.41, 5.74) is 3.24. The quantitative estimate of drug-likeness (QED) is 0.342. The summed E-state index contributed by atoms with van der Waals surface area (Å²) in [6.45, 7) is 7.79. The third-order valence-corrected chi connectivity index (χ3v) is 3.92. The van der Waals surface area contributed by atoms with Crippen molar-refractivity contribution in [3.05, 3.63) is 70.0 Å². The predicted molar refractivity (Wildman–Crippen MR) is 97.0 cm³/mol. The van der Waals surface area contributed by atoms with Crippen LogP contribution in [0.5, 0.6) is 0 Å². The summed E-state index contributed by atoms with van der Waals surface area (Å²) >= 11 is 6.40. The molecule has 0 fully saturated rings. The van der Waals surface area contributed by atoms with Gasteiger partial charge in [-0.1, -0.05) is 54.1 Å². The summed E-state index contributed by atoms with van der Waals surface area (Å²) in [4.78, 5) is 11.9. The molecule has 0 saturated heterocycles. The van der Waals surface area contributed by atoms with E-state index in [2.05, 4.69) is 11.7 Å². The highest BCUT2D eigenvalue weighted by atomic mass is 35.5. The molecule has 5 nitrogen and oxygen atoms in total. The van der Waals surface area contributed by atoms with Crippen LogP contribution in [-0.4, -0.2) is 22.4 Å². The Balaban J connectivity index is 2.30. The van der Waals surface area contributed by atoms with Crippen LogP contribution >= 0.6 is 11.6 Å². The molecule has 6 heteroatoms. The molecule has 2 rings (SSSR count). The Bertz CT molecular complexity index is 858. The molecule has 128 valence electrons. The van der Waals surface area contributed by atoms with Crippen LogP contribution in [0.15, 0.2) is 42.5 Å². The summed E-state index contributed by atoms with van der Waals surface area (Å²) in [6, 6.07) is 9.88. The number of hydrogen-bond donors (Lipinski definition) is 0. The molecule has 0 radical (unpaired) electrons. The fourth-order valence-electron chi connectivity index (χ4n) is 2.20. The van der Waals surface area contributed by atoms with E-state index in [9.17, 15) is 10.1 Å². The minimum Gasteiger partial charge on any atom is -0.457 e. The van der Waals surface area contributed by atoms with Crippen LogP contribution < -0.4 is 0 Å². The monoisotopic (exact) mass is 355 g/mol. The molecule has 0 aliphatic heterocycles. The number of carbonyl (C=O) groups excluding carboxylic acids is 1. The van der Waals surface area contributed by atoms with E-state index in [1.165, 1.54) is 17.7 Å². The second kappa shape index (κ2) is 8.32. The zero-order valence-electron chi connectivity index (χ0n) is 14.1. The lowest BCUT2D eigenvalue weighted by atomic mass is 10.1. The van der Waals surface area contributed by atoms with Gasteiger partial charge in [0.15, 0.2) is 0 Å². The van der Waals surface area contributed by atoms with Gasteiger partial charge in [-0.15, -0.1) is 0 Å². The first-order valence-corrected chi connectivity index (χ1v) is 8.02. The Morgan fingerprint density at radius 1 is 1.40 bits per heavy atom. The number of hydrogen-bond acceptors (Lipinski definition) is 4. The van der Waals surface area contributed by atoms with Gasteiger partial charge in [0.2, 0.25) is 0 Å². The second-order valence-electron chi connectivity index (χ2n) is 5.49. The molecule has 1 heterocycles. The van der Waals surface area contributed by atoms with Crippen LogP contribution in [0.3, 0.4) is 0 Å². The van der Waals surface area contributed by atoms with Crippen molar-refractivity contribution in [1.29, 1.82) is 5.26 Å².